The Labute approximate surface area is 97.6 Å². The number of alkyl halides is 3. The standard InChI is InChI=1S/C10H17F3N2O2/c1-9(14,8(16)17)6-15-4-2-7(3-5-15)10(11,12)13/h7H,2-6,14H2,1H3,(H,16,17). The molecule has 0 radical (unpaired) electrons. The Morgan fingerprint density at radius 2 is 1.88 bits per heavy atom. The van der Waals surface area contributed by atoms with Crippen LogP contribution in [0.1, 0.15) is 19.8 Å². The summed E-state index contributed by atoms with van der Waals surface area (Å²) in [6, 6.07) is 0. The molecule has 0 aromatic heterocycles. The van der Waals surface area contributed by atoms with Gasteiger partial charge < -0.3 is 15.7 Å². The van der Waals surface area contributed by atoms with Crippen LogP contribution < -0.4 is 5.73 Å². The number of carbonyl (C=O) groups is 1. The summed E-state index contributed by atoms with van der Waals surface area (Å²) in [6.45, 7) is 1.92. The minimum atomic E-state index is -4.15. The lowest BCUT2D eigenvalue weighted by Crippen LogP contribution is -2.55. The normalized spacial score (nSPS) is 23.4. The lowest BCUT2D eigenvalue weighted by atomic mass is 9.94. The number of aliphatic carboxylic acids is 1. The van der Waals surface area contributed by atoms with Gasteiger partial charge in [0.25, 0.3) is 0 Å². The second-order valence-electron chi connectivity index (χ2n) is 4.81. The van der Waals surface area contributed by atoms with Gasteiger partial charge in [0.2, 0.25) is 0 Å². The number of halogens is 3. The molecule has 0 aromatic carbocycles. The summed E-state index contributed by atoms with van der Waals surface area (Å²) in [7, 11) is 0. The Kier molecular flexibility index (Phi) is 4.03. The first-order valence-corrected chi connectivity index (χ1v) is 5.44. The molecule has 0 bridgehead atoms. The number of carboxylic acid groups (broad SMARTS) is 1. The third-order valence-electron chi connectivity index (χ3n) is 3.09. The molecule has 0 aliphatic carbocycles. The topological polar surface area (TPSA) is 66.6 Å². The first-order valence-electron chi connectivity index (χ1n) is 5.44. The number of carboxylic acids is 1. The summed E-state index contributed by atoms with van der Waals surface area (Å²) in [5, 5.41) is 8.82. The molecule has 1 rings (SSSR count). The molecule has 4 nitrogen and oxygen atoms in total. The van der Waals surface area contributed by atoms with Crippen LogP contribution in [0.3, 0.4) is 0 Å². The molecule has 17 heavy (non-hydrogen) atoms. The predicted octanol–water partition coefficient (Wildman–Crippen LogP) is 1.06. The summed E-state index contributed by atoms with van der Waals surface area (Å²) >= 11 is 0. The van der Waals surface area contributed by atoms with E-state index in [4.69, 9.17) is 10.8 Å². The maximum Gasteiger partial charge on any atom is 0.391 e. The molecule has 1 fully saturated rings. The van der Waals surface area contributed by atoms with Crippen molar-refractivity contribution in [3.8, 4) is 0 Å². The highest BCUT2D eigenvalue weighted by atomic mass is 19.4. The molecule has 3 N–H and O–H groups in total. The average molecular weight is 254 g/mol. The fourth-order valence-corrected chi connectivity index (χ4v) is 1.95. The number of piperidine rings is 1. The van der Waals surface area contributed by atoms with E-state index in [0.29, 0.717) is 0 Å². The minimum Gasteiger partial charge on any atom is -0.480 e. The van der Waals surface area contributed by atoms with Gasteiger partial charge in [-0.1, -0.05) is 0 Å². The first kappa shape index (κ1) is 14.2. The fourth-order valence-electron chi connectivity index (χ4n) is 1.95. The lowest BCUT2D eigenvalue weighted by molar-refractivity contribution is -0.185. The van der Waals surface area contributed by atoms with Crippen LogP contribution in [0, 0.1) is 5.92 Å². The van der Waals surface area contributed by atoms with E-state index in [1.165, 1.54) is 6.92 Å². The average Bonchev–Trinajstić information content (AvgIpc) is 2.16. The van der Waals surface area contributed by atoms with Gasteiger partial charge >= 0.3 is 12.1 Å². The fraction of sp³-hybridized carbons (Fsp3) is 0.900. The van der Waals surface area contributed by atoms with Crippen molar-refractivity contribution in [3.63, 3.8) is 0 Å². The van der Waals surface area contributed by atoms with Crippen LogP contribution in [0.2, 0.25) is 0 Å². The van der Waals surface area contributed by atoms with Crippen molar-refractivity contribution in [2.45, 2.75) is 31.5 Å². The molecule has 1 aliphatic heterocycles. The van der Waals surface area contributed by atoms with Crippen molar-refractivity contribution in [1.29, 1.82) is 0 Å². The molecule has 0 amide bonds. The molecule has 0 saturated carbocycles. The van der Waals surface area contributed by atoms with Crippen LogP contribution in [-0.2, 0) is 4.79 Å². The van der Waals surface area contributed by atoms with E-state index in [2.05, 4.69) is 0 Å². The molecule has 1 heterocycles. The molecule has 0 spiro atoms. The second kappa shape index (κ2) is 4.81. The van der Waals surface area contributed by atoms with E-state index < -0.39 is 23.6 Å². The van der Waals surface area contributed by atoms with Crippen molar-refractivity contribution >= 4 is 5.97 Å². The molecular weight excluding hydrogens is 237 g/mol. The van der Waals surface area contributed by atoms with Gasteiger partial charge in [0.1, 0.15) is 5.54 Å². The van der Waals surface area contributed by atoms with E-state index in [-0.39, 0.29) is 32.5 Å². The molecule has 1 saturated heterocycles. The van der Waals surface area contributed by atoms with Crippen molar-refractivity contribution < 1.29 is 23.1 Å². The van der Waals surface area contributed by atoms with Gasteiger partial charge in [-0.2, -0.15) is 13.2 Å². The van der Waals surface area contributed by atoms with Gasteiger partial charge in [-0.05, 0) is 32.9 Å². The third-order valence-corrected chi connectivity index (χ3v) is 3.09. The summed E-state index contributed by atoms with van der Waals surface area (Å²) < 4.78 is 37.2. The Morgan fingerprint density at radius 1 is 1.41 bits per heavy atom. The Morgan fingerprint density at radius 3 is 2.24 bits per heavy atom. The van der Waals surface area contributed by atoms with Crippen LogP contribution in [0.4, 0.5) is 13.2 Å². The number of nitrogens with zero attached hydrogens (tertiary/aromatic N) is 1. The predicted molar refractivity (Wildman–Crippen MR) is 55.4 cm³/mol. The monoisotopic (exact) mass is 254 g/mol. The van der Waals surface area contributed by atoms with Crippen molar-refractivity contribution in [3.05, 3.63) is 0 Å². The molecule has 100 valence electrons. The van der Waals surface area contributed by atoms with Crippen LogP contribution in [0.5, 0.6) is 0 Å². The van der Waals surface area contributed by atoms with Gasteiger partial charge in [-0.25, -0.2) is 0 Å². The van der Waals surface area contributed by atoms with Gasteiger partial charge in [0.05, 0.1) is 5.92 Å². The number of likely N-dealkylation sites (tertiary alicyclic amines) is 1. The van der Waals surface area contributed by atoms with Crippen LogP contribution >= 0.6 is 0 Å². The largest absolute Gasteiger partial charge is 0.480 e. The highest BCUT2D eigenvalue weighted by Crippen LogP contribution is 2.34. The molecule has 0 aromatic rings. The summed E-state index contributed by atoms with van der Waals surface area (Å²) in [5.74, 6) is -2.41. The molecule has 1 unspecified atom stereocenters. The van der Waals surface area contributed by atoms with Crippen LogP contribution in [0.25, 0.3) is 0 Å². The SMILES string of the molecule is CC(N)(CN1CCC(C(F)(F)F)CC1)C(=O)O. The van der Waals surface area contributed by atoms with Gasteiger partial charge in [0.15, 0.2) is 0 Å². The minimum absolute atomic E-state index is 0.0131. The Hall–Kier alpha value is -0.820. The number of rotatable bonds is 3. The summed E-state index contributed by atoms with van der Waals surface area (Å²) in [4.78, 5) is 12.5. The zero-order valence-corrected chi connectivity index (χ0v) is 9.63. The van der Waals surface area contributed by atoms with Gasteiger partial charge in [-0.15, -0.1) is 0 Å². The quantitative estimate of drug-likeness (QED) is 0.790. The number of nitrogens with two attached hydrogens (primary N) is 1. The lowest BCUT2D eigenvalue weighted by Gasteiger charge is -2.36. The highest BCUT2D eigenvalue weighted by molar-refractivity contribution is 5.78. The van der Waals surface area contributed by atoms with Crippen molar-refractivity contribution in [2.75, 3.05) is 19.6 Å². The zero-order chi connectivity index (χ0) is 13.3. The molecule has 1 atom stereocenters. The van der Waals surface area contributed by atoms with E-state index in [9.17, 15) is 18.0 Å². The number of hydrogen-bond acceptors (Lipinski definition) is 3. The molecular formula is C10H17F3N2O2. The molecule has 7 heteroatoms. The van der Waals surface area contributed by atoms with E-state index in [0.717, 1.165) is 0 Å². The van der Waals surface area contributed by atoms with Crippen molar-refractivity contribution in [1.82, 2.24) is 4.90 Å². The second-order valence-corrected chi connectivity index (χ2v) is 4.81. The van der Waals surface area contributed by atoms with Crippen LogP contribution in [0.15, 0.2) is 0 Å². The summed E-state index contributed by atoms with van der Waals surface area (Å²) in [5.41, 5.74) is 4.14. The molecule has 1 aliphatic rings. The number of hydrogen-bond donors (Lipinski definition) is 2. The van der Waals surface area contributed by atoms with Gasteiger partial charge in [0, 0.05) is 6.54 Å². The highest BCUT2D eigenvalue weighted by Gasteiger charge is 2.42. The maximum absolute atomic E-state index is 12.4. The first-order chi connectivity index (χ1) is 7.63. The maximum atomic E-state index is 12.4. The van der Waals surface area contributed by atoms with E-state index >= 15 is 0 Å². The Bertz CT molecular complexity index is 284. The summed E-state index contributed by atoms with van der Waals surface area (Å²) in [6.07, 6.45) is -4.12. The zero-order valence-electron chi connectivity index (χ0n) is 9.63. The van der Waals surface area contributed by atoms with Gasteiger partial charge in [-0.3, -0.25) is 4.79 Å². The smallest absolute Gasteiger partial charge is 0.391 e. The van der Waals surface area contributed by atoms with Crippen molar-refractivity contribution in [2.24, 2.45) is 11.7 Å². The third kappa shape index (κ3) is 3.85. The van der Waals surface area contributed by atoms with E-state index in [1.54, 1.807) is 4.90 Å². The Balaban J connectivity index is 2.46. The van der Waals surface area contributed by atoms with Crippen LogP contribution in [-0.4, -0.2) is 47.3 Å². The van der Waals surface area contributed by atoms with E-state index in [1.807, 2.05) is 0 Å².